The Morgan fingerprint density at radius 2 is 1.40 bits per heavy atom. The SMILES string of the molecule is C/C(=N\O)c1ccc(-n2c3ccc(/C(CC(C)C)=N/O)cc3c3cc(C(=O)c4c(C)cc(C)cc4C)c4ccccc4c32)cc1. The fraction of sp³-hybridized carbons (Fsp3) is 0.205. The summed E-state index contributed by atoms with van der Waals surface area (Å²) in [6, 6.07) is 28.3. The molecule has 0 aliphatic heterocycles. The van der Waals surface area contributed by atoms with Crippen molar-refractivity contribution in [3.8, 4) is 5.69 Å². The zero-order chi connectivity index (χ0) is 32.0. The molecule has 0 radical (unpaired) electrons. The van der Waals surface area contributed by atoms with Crippen LogP contribution in [0.15, 0.2) is 95.2 Å². The number of carbonyl (C=O) groups is 1. The summed E-state index contributed by atoms with van der Waals surface area (Å²) in [5.41, 5.74) is 10.2. The van der Waals surface area contributed by atoms with Crippen LogP contribution in [-0.2, 0) is 0 Å². The van der Waals surface area contributed by atoms with E-state index in [0.29, 0.717) is 29.3 Å². The standard InChI is InChI=1S/C39H37N3O3/c1-22(2)17-35(41-45)28-13-16-36-32(20-28)33-21-34(39(43)37-24(4)18-23(3)19-25(37)5)30-9-7-8-10-31(30)38(33)42(36)29-14-11-27(12-15-29)26(6)40-44/h7-16,18-22,44-45H,17H2,1-6H3/b40-26+,41-35+. The predicted octanol–water partition coefficient (Wildman–Crippen LogP) is 9.52. The van der Waals surface area contributed by atoms with Crippen LogP contribution in [0.3, 0.4) is 0 Å². The second-order valence-electron chi connectivity index (χ2n) is 12.4. The van der Waals surface area contributed by atoms with Crippen molar-refractivity contribution >= 4 is 49.8 Å². The number of aromatic nitrogens is 1. The van der Waals surface area contributed by atoms with Crippen LogP contribution in [0.1, 0.15) is 70.9 Å². The third-order valence-corrected chi connectivity index (χ3v) is 8.66. The molecule has 1 aromatic heterocycles. The molecule has 0 atom stereocenters. The van der Waals surface area contributed by atoms with E-state index in [-0.39, 0.29) is 5.78 Å². The lowest BCUT2D eigenvalue weighted by molar-refractivity contribution is 0.103. The molecule has 0 aliphatic carbocycles. The molecule has 0 fully saturated rings. The molecule has 45 heavy (non-hydrogen) atoms. The zero-order valence-electron chi connectivity index (χ0n) is 26.5. The molecular formula is C39H37N3O3. The number of nitrogens with zero attached hydrogens (tertiary/aromatic N) is 3. The maximum Gasteiger partial charge on any atom is 0.194 e. The van der Waals surface area contributed by atoms with E-state index < -0.39 is 0 Å². The van der Waals surface area contributed by atoms with Crippen LogP contribution in [0.25, 0.3) is 38.3 Å². The first-order chi connectivity index (χ1) is 21.6. The van der Waals surface area contributed by atoms with Gasteiger partial charge in [0.2, 0.25) is 0 Å². The molecule has 2 N–H and O–H groups in total. The summed E-state index contributed by atoms with van der Waals surface area (Å²) in [7, 11) is 0. The smallest absolute Gasteiger partial charge is 0.194 e. The summed E-state index contributed by atoms with van der Waals surface area (Å²) >= 11 is 0. The van der Waals surface area contributed by atoms with Crippen LogP contribution >= 0.6 is 0 Å². The lowest BCUT2D eigenvalue weighted by Crippen LogP contribution is -2.08. The van der Waals surface area contributed by atoms with Gasteiger partial charge in [-0.05, 0) is 92.4 Å². The van der Waals surface area contributed by atoms with Gasteiger partial charge >= 0.3 is 0 Å². The van der Waals surface area contributed by atoms with Crippen molar-refractivity contribution in [1.82, 2.24) is 4.57 Å². The van der Waals surface area contributed by atoms with Crippen molar-refractivity contribution < 1.29 is 15.2 Å². The molecule has 6 nitrogen and oxygen atoms in total. The Labute approximate surface area is 262 Å². The summed E-state index contributed by atoms with van der Waals surface area (Å²) < 4.78 is 2.22. The van der Waals surface area contributed by atoms with Crippen molar-refractivity contribution in [2.75, 3.05) is 0 Å². The number of oxime groups is 2. The van der Waals surface area contributed by atoms with Crippen LogP contribution in [-0.4, -0.2) is 32.2 Å². The van der Waals surface area contributed by atoms with Gasteiger partial charge in [0.05, 0.1) is 22.5 Å². The largest absolute Gasteiger partial charge is 0.411 e. The van der Waals surface area contributed by atoms with Crippen LogP contribution in [0.2, 0.25) is 0 Å². The van der Waals surface area contributed by atoms with Crippen molar-refractivity contribution in [2.45, 2.75) is 48.0 Å². The Morgan fingerprint density at radius 1 is 0.756 bits per heavy atom. The van der Waals surface area contributed by atoms with Crippen molar-refractivity contribution in [2.24, 2.45) is 16.2 Å². The van der Waals surface area contributed by atoms with Gasteiger partial charge in [-0.2, -0.15) is 0 Å². The zero-order valence-corrected chi connectivity index (χ0v) is 26.5. The molecule has 0 saturated heterocycles. The highest BCUT2D eigenvalue weighted by Crippen LogP contribution is 2.40. The van der Waals surface area contributed by atoms with E-state index in [1.54, 1.807) is 6.92 Å². The summed E-state index contributed by atoms with van der Waals surface area (Å²) in [5, 5.41) is 30.1. The van der Waals surface area contributed by atoms with Gasteiger partial charge in [0.15, 0.2) is 5.78 Å². The van der Waals surface area contributed by atoms with Crippen LogP contribution in [0.5, 0.6) is 0 Å². The van der Waals surface area contributed by atoms with Crippen LogP contribution in [0.4, 0.5) is 0 Å². The van der Waals surface area contributed by atoms with E-state index in [2.05, 4.69) is 66.0 Å². The van der Waals surface area contributed by atoms with E-state index in [4.69, 9.17) is 0 Å². The molecule has 0 spiro atoms. The molecule has 0 unspecified atom stereocenters. The predicted molar refractivity (Wildman–Crippen MR) is 184 cm³/mol. The molecule has 0 saturated carbocycles. The molecular weight excluding hydrogens is 558 g/mol. The first kappa shape index (κ1) is 29.8. The number of ketones is 1. The molecule has 1 heterocycles. The minimum atomic E-state index is 0.000640. The van der Waals surface area contributed by atoms with Crippen molar-refractivity contribution in [3.63, 3.8) is 0 Å². The second-order valence-corrected chi connectivity index (χ2v) is 12.4. The fourth-order valence-corrected chi connectivity index (χ4v) is 6.69. The van der Waals surface area contributed by atoms with E-state index in [0.717, 1.165) is 71.6 Å². The number of hydrogen-bond donors (Lipinski definition) is 2. The maximum atomic E-state index is 14.5. The average Bonchev–Trinajstić information content (AvgIpc) is 3.36. The maximum absolute atomic E-state index is 14.5. The van der Waals surface area contributed by atoms with Crippen molar-refractivity contribution in [3.05, 3.63) is 124 Å². The highest BCUT2D eigenvalue weighted by molar-refractivity contribution is 6.27. The Hall–Kier alpha value is -5.23. The van der Waals surface area contributed by atoms with Gasteiger partial charge in [0.25, 0.3) is 0 Å². The number of hydrogen-bond acceptors (Lipinski definition) is 5. The molecule has 0 amide bonds. The van der Waals surface area contributed by atoms with Gasteiger partial charge in [0.1, 0.15) is 0 Å². The number of rotatable bonds is 7. The second kappa shape index (κ2) is 11.7. The molecule has 226 valence electrons. The van der Waals surface area contributed by atoms with Crippen LogP contribution in [0, 0.1) is 26.7 Å². The van der Waals surface area contributed by atoms with Gasteiger partial charge in [-0.25, -0.2) is 0 Å². The molecule has 6 heteroatoms. The first-order valence-corrected chi connectivity index (χ1v) is 15.3. The van der Waals surface area contributed by atoms with Gasteiger partial charge in [0, 0.05) is 38.5 Å². The third-order valence-electron chi connectivity index (χ3n) is 8.66. The summed E-state index contributed by atoms with van der Waals surface area (Å²) in [6.07, 6.45) is 0.631. The van der Waals surface area contributed by atoms with Gasteiger partial charge < -0.3 is 15.0 Å². The van der Waals surface area contributed by atoms with E-state index in [1.807, 2.05) is 68.4 Å². The van der Waals surface area contributed by atoms with E-state index in [9.17, 15) is 15.2 Å². The minimum absolute atomic E-state index is 0.000640. The molecule has 5 aromatic carbocycles. The Balaban J connectivity index is 1.72. The van der Waals surface area contributed by atoms with Crippen molar-refractivity contribution in [1.29, 1.82) is 0 Å². The molecule has 0 bridgehead atoms. The summed E-state index contributed by atoms with van der Waals surface area (Å²) in [5.74, 6) is 0.312. The van der Waals surface area contributed by atoms with Gasteiger partial charge in [-0.15, -0.1) is 0 Å². The lowest BCUT2D eigenvalue weighted by atomic mass is 9.89. The monoisotopic (exact) mass is 595 g/mol. The number of carbonyl (C=O) groups excluding carboxylic acids is 1. The third kappa shape index (κ3) is 5.16. The number of fused-ring (bicyclic) bond motifs is 5. The summed E-state index contributed by atoms with van der Waals surface area (Å²) in [4.78, 5) is 14.5. The summed E-state index contributed by atoms with van der Waals surface area (Å²) in [6.45, 7) is 12.0. The average molecular weight is 596 g/mol. The molecule has 6 aromatic rings. The highest BCUT2D eigenvalue weighted by atomic mass is 16.4. The van der Waals surface area contributed by atoms with Gasteiger partial charge in [-0.3, -0.25) is 4.79 Å². The fourth-order valence-electron chi connectivity index (χ4n) is 6.69. The highest BCUT2D eigenvalue weighted by Gasteiger charge is 2.23. The quantitative estimate of drug-likeness (QED) is 0.0834. The Morgan fingerprint density at radius 3 is 2.02 bits per heavy atom. The number of aryl methyl sites for hydroxylation is 3. The normalized spacial score (nSPS) is 12.6. The minimum Gasteiger partial charge on any atom is -0.411 e. The first-order valence-electron chi connectivity index (χ1n) is 15.3. The van der Waals surface area contributed by atoms with Gasteiger partial charge in [-0.1, -0.05) is 84.3 Å². The van der Waals surface area contributed by atoms with E-state index >= 15 is 0 Å². The topological polar surface area (TPSA) is 87.2 Å². The Kier molecular flexibility index (Phi) is 7.75. The molecule has 0 aliphatic rings. The Bertz CT molecular complexity index is 2160. The lowest BCUT2D eigenvalue weighted by Gasteiger charge is -2.15. The van der Waals surface area contributed by atoms with Crippen LogP contribution < -0.4 is 0 Å². The molecule has 6 rings (SSSR count). The number of benzene rings is 5. The van der Waals surface area contributed by atoms with E-state index in [1.165, 1.54) is 0 Å².